The summed E-state index contributed by atoms with van der Waals surface area (Å²) in [4.78, 5) is 11.4. The molecule has 1 aromatic heterocycles. The molecule has 1 N–H and O–H groups in total. The number of aromatic nitrogens is 2. The predicted molar refractivity (Wildman–Crippen MR) is 120 cm³/mol. The molecule has 0 aliphatic carbocycles. The van der Waals surface area contributed by atoms with Crippen LogP contribution < -0.4 is 5.32 Å². The van der Waals surface area contributed by atoms with Crippen molar-refractivity contribution in [3.05, 3.63) is 11.7 Å². The third kappa shape index (κ3) is 8.20. The second-order valence-corrected chi connectivity index (χ2v) is 7.84. The zero-order valence-electron chi connectivity index (χ0n) is 17.9. The molecule has 1 saturated heterocycles. The highest BCUT2D eigenvalue weighted by Crippen LogP contribution is 2.20. The van der Waals surface area contributed by atoms with Crippen LogP contribution >= 0.6 is 24.0 Å². The van der Waals surface area contributed by atoms with Gasteiger partial charge in [0.2, 0.25) is 5.89 Å². The molecule has 162 valence electrons. The van der Waals surface area contributed by atoms with Gasteiger partial charge >= 0.3 is 0 Å². The molecule has 1 aliphatic heterocycles. The maximum Gasteiger partial charge on any atom is 0.232 e. The Morgan fingerprint density at radius 3 is 2.57 bits per heavy atom. The molecule has 8 nitrogen and oxygen atoms in total. The van der Waals surface area contributed by atoms with Gasteiger partial charge in [-0.05, 0) is 26.2 Å². The van der Waals surface area contributed by atoms with Gasteiger partial charge in [0, 0.05) is 45.4 Å². The van der Waals surface area contributed by atoms with E-state index in [1.165, 1.54) is 0 Å². The molecule has 2 rings (SSSR count). The van der Waals surface area contributed by atoms with Crippen LogP contribution in [0.3, 0.4) is 0 Å². The Morgan fingerprint density at radius 2 is 2.00 bits per heavy atom. The Morgan fingerprint density at radius 1 is 1.29 bits per heavy atom. The summed E-state index contributed by atoms with van der Waals surface area (Å²) in [6.07, 6.45) is 3.29. The van der Waals surface area contributed by atoms with Crippen LogP contribution in [0.1, 0.15) is 58.7 Å². The van der Waals surface area contributed by atoms with Gasteiger partial charge in [0.1, 0.15) is 6.54 Å². The summed E-state index contributed by atoms with van der Waals surface area (Å²) in [5, 5.41) is 7.42. The van der Waals surface area contributed by atoms with Crippen LogP contribution in [0.2, 0.25) is 0 Å². The summed E-state index contributed by atoms with van der Waals surface area (Å²) in [6, 6.07) is 0. The number of halogens is 1. The van der Waals surface area contributed by atoms with E-state index in [1.54, 1.807) is 7.11 Å². The number of ether oxygens (including phenoxy) is 2. The summed E-state index contributed by atoms with van der Waals surface area (Å²) >= 11 is 0. The molecule has 0 saturated carbocycles. The maximum absolute atomic E-state index is 5.94. The normalized spacial score (nSPS) is 16.2. The molecule has 0 amide bonds. The van der Waals surface area contributed by atoms with E-state index in [-0.39, 0.29) is 29.4 Å². The number of methoxy groups -OCH3 is 1. The Kier molecular flexibility index (Phi) is 11.3. The molecule has 1 fully saturated rings. The fourth-order valence-corrected chi connectivity index (χ4v) is 2.88. The Labute approximate surface area is 185 Å². The highest BCUT2D eigenvalue weighted by atomic mass is 127. The standard InChI is InChI=1S/C19H35N5O3.HI/c1-6-20-18(21-14-16-22-17(27-23-16)19(2,3)4)24-10-8-15(9-11-24)26-13-7-12-25-5;/h15H,6-14H2,1-5H3,(H,20,21);1H. The first-order valence-corrected chi connectivity index (χ1v) is 9.91. The molecule has 28 heavy (non-hydrogen) atoms. The van der Waals surface area contributed by atoms with Gasteiger partial charge in [0.15, 0.2) is 11.8 Å². The number of guanidine groups is 1. The summed E-state index contributed by atoms with van der Waals surface area (Å²) in [6.45, 7) is 12.9. The van der Waals surface area contributed by atoms with Crippen LogP contribution in [-0.2, 0) is 21.4 Å². The van der Waals surface area contributed by atoms with Gasteiger partial charge in [-0.2, -0.15) is 4.98 Å². The number of hydrogen-bond donors (Lipinski definition) is 1. The molecule has 9 heteroatoms. The van der Waals surface area contributed by atoms with Gasteiger partial charge in [-0.25, -0.2) is 4.99 Å². The molecular formula is C19H36IN5O3. The van der Waals surface area contributed by atoms with Crippen molar-refractivity contribution in [3.8, 4) is 0 Å². The van der Waals surface area contributed by atoms with Crippen molar-refractivity contribution in [1.82, 2.24) is 20.4 Å². The van der Waals surface area contributed by atoms with E-state index in [9.17, 15) is 0 Å². The minimum absolute atomic E-state index is 0. The van der Waals surface area contributed by atoms with Crippen molar-refractivity contribution >= 4 is 29.9 Å². The van der Waals surface area contributed by atoms with Crippen molar-refractivity contribution in [2.75, 3.05) is 40.0 Å². The number of nitrogens with zero attached hydrogens (tertiary/aromatic N) is 4. The van der Waals surface area contributed by atoms with Gasteiger partial charge in [0.05, 0.1) is 6.10 Å². The Bertz CT molecular complexity index is 580. The number of aliphatic imine (C=N–C) groups is 1. The average Bonchev–Trinajstić information content (AvgIpc) is 3.12. The van der Waals surface area contributed by atoms with Crippen LogP contribution in [-0.4, -0.2) is 67.1 Å². The van der Waals surface area contributed by atoms with E-state index in [4.69, 9.17) is 19.0 Å². The number of nitrogens with one attached hydrogen (secondary N) is 1. The lowest BCUT2D eigenvalue weighted by Gasteiger charge is -2.34. The predicted octanol–water partition coefficient (Wildman–Crippen LogP) is 2.97. The van der Waals surface area contributed by atoms with E-state index in [0.29, 0.717) is 24.4 Å². The first kappa shape index (κ1) is 25.1. The molecule has 1 aromatic rings. The second kappa shape index (κ2) is 12.6. The van der Waals surface area contributed by atoms with Crippen LogP contribution in [0.25, 0.3) is 0 Å². The van der Waals surface area contributed by atoms with Gasteiger partial charge in [-0.3, -0.25) is 0 Å². The molecule has 0 spiro atoms. The molecule has 0 atom stereocenters. The minimum atomic E-state index is -0.148. The summed E-state index contributed by atoms with van der Waals surface area (Å²) in [7, 11) is 1.72. The van der Waals surface area contributed by atoms with Crippen molar-refractivity contribution < 1.29 is 14.0 Å². The third-order valence-electron chi connectivity index (χ3n) is 4.40. The molecule has 1 aliphatic rings. The number of piperidine rings is 1. The van der Waals surface area contributed by atoms with Gasteiger partial charge < -0.3 is 24.2 Å². The van der Waals surface area contributed by atoms with E-state index >= 15 is 0 Å². The lowest BCUT2D eigenvalue weighted by atomic mass is 9.97. The zero-order valence-corrected chi connectivity index (χ0v) is 20.2. The summed E-state index contributed by atoms with van der Waals surface area (Å²) in [5.41, 5.74) is -0.148. The molecular weight excluding hydrogens is 473 g/mol. The number of likely N-dealkylation sites (tertiary alicyclic amines) is 1. The van der Waals surface area contributed by atoms with Crippen LogP contribution in [0, 0.1) is 0 Å². The first-order chi connectivity index (χ1) is 12.9. The van der Waals surface area contributed by atoms with Crippen LogP contribution in [0.5, 0.6) is 0 Å². The van der Waals surface area contributed by atoms with Crippen LogP contribution in [0.4, 0.5) is 0 Å². The SMILES string of the molecule is CCNC(=NCc1noc(C(C)(C)C)n1)N1CCC(OCCCOC)CC1.I. The molecule has 0 bridgehead atoms. The smallest absolute Gasteiger partial charge is 0.232 e. The minimum Gasteiger partial charge on any atom is -0.385 e. The maximum atomic E-state index is 5.94. The monoisotopic (exact) mass is 509 g/mol. The van der Waals surface area contributed by atoms with Crippen molar-refractivity contribution in [1.29, 1.82) is 0 Å². The van der Waals surface area contributed by atoms with Crippen molar-refractivity contribution in [2.24, 2.45) is 4.99 Å². The van der Waals surface area contributed by atoms with E-state index in [1.807, 2.05) is 0 Å². The van der Waals surface area contributed by atoms with Crippen molar-refractivity contribution in [3.63, 3.8) is 0 Å². The highest BCUT2D eigenvalue weighted by molar-refractivity contribution is 14.0. The lowest BCUT2D eigenvalue weighted by molar-refractivity contribution is 0.00990. The van der Waals surface area contributed by atoms with E-state index in [0.717, 1.165) is 58.1 Å². The topological polar surface area (TPSA) is 85.0 Å². The lowest BCUT2D eigenvalue weighted by Crippen LogP contribution is -2.47. The van der Waals surface area contributed by atoms with Gasteiger partial charge in [-0.15, -0.1) is 24.0 Å². The average molecular weight is 509 g/mol. The van der Waals surface area contributed by atoms with Gasteiger partial charge in [-0.1, -0.05) is 25.9 Å². The quantitative estimate of drug-likeness (QED) is 0.250. The largest absolute Gasteiger partial charge is 0.385 e. The third-order valence-corrected chi connectivity index (χ3v) is 4.40. The Hall–Kier alpha value is -0.940. The number of hydrogen-bond acceptors (Lipinski definition) is 6. The van der Waals surface area contributed by atoms with Crippen LogP contribution in [0.15, 0.2) is 9.52 Å². The first-order valence-electron chi connectivity index (χ1n) is 9.91. The fourth-order valence-electron chi connectivity index (χ4n) is 2.88. The summed E-state index contributed by atoms with van der Waals surface area (Å²) in [5.74, 6) is 2.16. The van der Waals surface area contributed by atoms with Gasteiger partial charge in [0.25, 0.3) is 0 Å². The second-order valence-electron chi connectivity index (χ2n) is 7.84. The molecule has 0 radical (unpaired) electrons. The molecule has 0 aromatic carbocycles. The molecule has 0 unspecified atom stereocenters. The highest BCUT2D eigenvalue weighted by Gasteiger charge is 2.23. The zero-order chi connectivity index (χ0) is 19.7. The van der Waals surface area contributed by atoms with E-state index in [2.05, 4.69) is 48.1 Å². The van der Waals surface area contributed by atoms with Crippen molar-refractivity contribution in [2.45, 2.75) is 65.0 Å². The number of rotatable bonds is 8. The van der Waals surface area contributed by atoms with E-state index < -0.39 is 0 Å². The fraction of sp³-hybridized carbons (Fsp3) is 0.842. The molecule has 2 heterocycles. The Balaban J connectivity index is 0.00000392. The summed E-state index contributed by atoms with van der Waals surface area (Å²) < 4.78 is 16.3.